The van der Waals surface area contributed by atoms with E-state index in [0.717, 1.165) is 4.47 Å². The van der Waals surface area contributed by atoms with E-state index in [1.54, 1.807) is 0 Å². The minimum atomic E-state index is 0.189. The van der Waals surface area contributed by atoms with E-state index in [0.29, 0.717) is 0 Å². The van der Waals surface area contributed by atoms with Crippen molar-refractivity contribution in [2.45, 2.75) is 33.1 Å². The number of benzene rings is 1. The lowest BCUT2D eigenvalue weighted by atomic mass is 9.86. The van der Waals surface area contributed by atoms with Gasteiger partial charge in [-0.25, -0.2) is 0 Å². The molecule has 0 bridgehead atoms. The first-order valence-corrected chi connectivity index (χ1v) is 4.89. The van der Waals surface area contributed by atoms with Gasteiger partial charge in [-0.15, -0.1) is 0 Å². The Morgan fingerprint density at radius 2 is 1.83 bits per heavy atom. The van der Waals surface area contributed by atoms with Crippen molar-refractivity contribution in [1.29, 1.82) is 0 Å². The second kappa shape index (κ2) is 3.21. The quantitative estimate of drug-likeness (QED) is 0.630. The number of aryl methyl sites for hydroxylation is 1. The lowest BCUT2D eigenvalue weighted by Crippen LogP contribution is -2.11. The van der Waals surface area contributed by atoms with Crippen LogP contribution in [-0.4, -0.2) is 0 Å². The van der Waals surface area contributed by atoms with Crippen LogP contribution < -0.4 is 0 Å². The van der Waals surface area contributed by atoms with Crippen molar-refractivity contribution in [1.82, 2.24) is 0 Å². The van der Waals surface area contributed by atoms with Crippen LogP contribution in [0.2, 0.25) is 0 Å². The van der Waals surface area contributed by atoms with Gasteiger partial charge in [0.25, 0.3) is 0 Å². The molecule has 0 saturated carbocycles. The Balaban J connectivity index is 3.18. The molecule has 1 rings (SSSR count). The molecule has 0 aliphatic heterocycles. The number of rotatable bonds is 0. The fraction of sp³-hybridized carbons (Fsp3) is 0.455. The van der Waals surface area contributed by atoms with Crippen molar-refractivity contribution in [2.24, 2.45) is 0 Å². The van der Waals surface area contributed by atoms with Crippen LogP contribution in [0.1, 0.15) is 31.9 Å². The summed E-state index contributed by atoms with van der Waals surface area (Å²) in [6.07, 6.45) is 0. The van der Waals surface area contributed by atoms with Crippen LogP contribution in [0.25, 0.3) is 0 Å². The SMILES string of the molecule is Cc1cc(Br)[c]c(C(C)(C)C)c1. The maximum absolute atomic E-state index is 3.45. The van der Waals surface area contributed by atoms with E-state index in [9.17, 15) is 0 Å². The summed E-state index contributed by atoms with van der Waals surface area (Å²) in [4.78, 5) is 0. The average Bonchev–Trinajstić information content (AvgIpc) is 1.82. The molecule has 1 heteroatoms. The number of hydrogen-bond acceptors (Lipinski definition) is 0. The summed E-state index contributed by atoms with van der Waals surface area (Å²) >= 11 is 3.45. The molecular weight excluding hydrogens is 212 g/mol. The summed E-state index contributed by atoms with van der Waals surface area (Å²) in [7, 11) is 0. The van der Waals surface area contributed by atoms with E-state index >= 15 is 0 Å². The zero-order valence-corrected chi connectivity index (χ0v) is 9.62. The normalized spacial score (nSPS) is 11.8. The molecule has 1 aromatic rings. The highest BCUT2D eigenvalue weighted by Gasteiger charge is 2.14. The molecule has 0 atom stereocenters. The van der Waals surface area contributed by atoms with Gasteiger partial charge >= 0.3 is 0 Å². The third kappa shape index (κ3) is 2.34. The molecular formula is C11H14Br. The molecule has 1 aromatic carbocycles. The molecule has 0 amide bonds. The third-order valence-electron chi connectivity index (χ3n) is 1.79. The van der Waals surface area contributed by atoms with Gasteiger partial charge in [-0.2, -0.15) is 0 Å². The van der Waals surface area contributed by atoms with Crippen molar-refractivity contribution in [2.75, 3.05) is 0 Å². The molecule has 0 unspecified atom stereocenters. The molecule has 0 aliphatic rings. The van der Waals surface area contributed by atoms with Crippen LogP contribution in [-0.2, 0) is 5.41 Å². The predicted molar refractivity (Wildman–Crippen MR) is 56.4 cm³/mol. The molecule has 0 aliphatic carbocycles. The zero-order valence-electron chi connectivity index (χ0n) is 8.03. The Labute approximate surface area is 83.1 Å². The molecule has 0 aromatic heterocycles. The molecule has 0 heterocycles. The monoisotopic (exact) mass is 225 g/mol. The van der Waals surface area contributed by atoms with Gasteiger partial charge in [0.1, 0.15) is 0 Å². The molecule has 0 fully saturated rings. The first kappa shape index (κ1) is 9.79. The van der Waals surface area contributed by atoms with Crippen molar-refractivity contribution in [3.8, 4) is 0 Å². The maximum Gasteiger partial charge on any atom is 0.0259 e. The largest absolute Gasteiger partial charge is 0.0561 e. The highest BCUT2D eigenvalue weighted by molar-refractivity contribution is 9.10. The second-order valence-electron chi connectivity index (χ2n) is 4.17. The predicted octanol–water partition coefficient (Wildman–Crippen LogP) is 3.86. The van der Waals surface area contributed by atoms with Gasteiger partial charge in [-0.1, -0.05) is 42.8 Å². The Morgan fingerprint density at radius 1 is 1.25 bits per heavy atom. The summed E-state index contributed by atoms with van der Waals surface area (Å²) < 4.78 is 1.05. The summed E-state index contributed by atoms with van der Waals surface area (Å²) in [5.74, 6) is 0. The van der Waals surface area contributed by atoms with Crippen molar-refractivity contribution in [3.63, 3.8) is 0 Å². The van der Waals surface area contributed by atoms with Gasteiger partial charge in [0.15, 0.2) is 0 Å². The summed E-state index contributed by atoms with van der Waals surface area (Å²) in [6.45, 7) is 8.70. The fourth-order valence-electron chi connectivity index (χ4n) is 1.07. The van der Waals surface area contributed by atoms with E-state index < -0.39 is 0 Å². The van der Waals surface area contributed by atoms with Crippen LogP contribution >= 0.6 is 15.9 Å². The van der Waals surface area contributed by atoms with Crippen LogP contribution in [0, 0.1) is 13.0 Å². The molecule has 0 N–H and O–H groups in total. The maximum atomic E-state index is 3.45. The summed E-state index contributed by atoms with van der Waals surface area (Å²) in [6, 6.07) is 7.57. The van der Waals surface area contributed by atoms with Gasteiger partial charge in [0.05, 0.1) is 0 Å². The molecule has 1 radical (unpaired) electrons. The van der Waals surface area contributed by atoms with Gasteiger partial charge in [0, 0.05) is 10.5 Å². The zero-order chi connectivity index (χ0) is 9.35. The van der Waals surface area contributed by atoms with Crippen molar-refractivity contribution >= 4 is 15.9 Å². The second-order valence-corrected chi connectivity index (χ2v) is 5.02. The number of hydrogen-bond donors (Lipinski definition) is 0. The van der Waals surface area contributed by atoms with E-state index in [1.165, 1.54) is 11.1 Å². The van der Waals surface area contributed by atoms with Crippen molar-refractivity contribution in [3.05, 3.63) is 33.8 Å². The van der Waals surface area contributed by atoms with Crippen LogP contribution in [0.5, 0.6) is 0 Å². The minimum absolute atomic E-state index is 0.189. The van der Waals surface area contributed by atoms with Crippen LogP contribution in [0.3, 0.4) is 0 Å². The molecule has 0 spiro atoms. The third-order valence-corrected chi connectivity index (χ3v) is 2.22. The standard InChI is InChI=1S/C11H14Br/c1-8-5-9(11(2,3)4)7-10(12)6-8/h5-6H,1-4H3. The summed E-state index contributed by atoms with van der Waals surface area (Å²) in [5, 5.41) is 0. The Kier molecular flexibility index (Phi) is 2.62. The molecule has 65 valence electrons. The Bertz CT molecular complexity index is 261. The Morgan fingerprint density at radius 3 is 2.25 bits per heavy atom. The lowest BCUT2D eigenvalue weighted by Gasteiger charge is -2.19. The van der Waals surface area contributed by atoms with E-state index in [2.05, 4.69) is 61.8 Å². The highest BCUT2D eigenvalue weighted by Crippen LogP contribution is 2.25. The Hall–Kier alpha value is -0.300. The van der Waals surface area contributed by atoms with Gasteiger partial charge < -0.3 is 0 Å². The lowest BCUT2D eigenvalue weighted by molar-refractivity contribution is 0.588. The first-order valence-electron chi connectivity index (χ1n) is 4.09. The molecule has 0 nitrogen and oxygen atoms in total. The highest BCUT2D eigenvalue weighted by atomic mass is 79.9. The van der Waals surface area contributed by atoms with Crippen molar-refractivity contribution < 1.29 is 0 Å². The molecule has 12 heavy (non-hydrogen) atoms. The first-order chi connectivity index (χ1) is 5.39. The van der Waals surface area contributed by atoms with Crippen LogP contribution in [0.4, 0.5) is 0 Å². The number of halogens is 1. The van der Waals surface area contributed by atoms with E-state index in [1.807, 2.05) is 0 Å². The summed E-state index contributed by atoms with van der Waals surface area (Å²) in [5.41, 5.74) is 2.73. The molecule has 0 saturated heterocycles. The topological polar surface area (TPSA) is 0 Å². The van der Waals surface area contributed by atoms with Gasteiger partial charge in [-0.3, -0.25) is 0 Å². The van der Waals surface area contributed by atoms with E-state index in [-0.39, 0.29) is 5.41 Å². The smallest absolute Gasteiger partial charge is 0.0259 e. The van der Waals surface area contributed by atoms with Crippen LogP contribution in [0.15, 0.2) is 16.6 Å². The van der Waals surface area contributed by atoms with Gasteiger partial charge in [-0.05, 0) is 29.5 Å². The minimum Gasteiger partial charge on any atom is -0.0561 e. The fourth-order valence-corrected chi connectivity index (χ4v) is 1.65. The van der Waals surface area contributed by atoms with E-state index in [4.69, 9.17) is 0 Å². The van der Waals surface area contributed by atoms with Gasteiger partial charge in [0.2, 0.25) is 0 Å². The average molecular weight is 226 g/mol.